The summed E-state index contributed by atoms with van der Waals surface area (Å²) in [7, 11) is 0. The van der Waals surface area contributed by atoms with E-state index in [1.165, 1.54) is 0 Å². The summed E-state index contributed by atoms with van der Waals surface area (Å²) < 4.78 is 45.2. The Morgan fingerprint density at radius 2 is 1.68 bits per heavy atom. The van der Waals surface area contributed by atoms with Crippen molar-refractivity contribution in [3.63, 3.8) is 0 Å². The second-order valence-electron chi connectivity index (χ2n) is 12.9. The number of halogens is 4. The van der Waals surface area contributed by atoms with Crippen LogP contribution in [0, 0.1) is 0 Å². The maximum absolute atomic E-state index is 14.0. The molecule has 17 heteroatoms. The van der Waals surface area contributed by atoms with E-state index in [-0.39, 0.29) is 48.1 Å². The predicted molar refractivity (Wildman–Crippen MR) is 187 cm³/mol. The van der Waals surface area contributed by atoms with Gasteiger partial charge in [-0.2, -0.15) is 0 Å². The number of aromatic amines is 1. The maximum Gasteiger partial charge on any atom is 0.411 e. The second-order valence-corrected chi connectivity index (χ2v) is 14.8. The van der Waals surface area contributed by atoms with E-state index >= 15 is 0 Å². The lowest BCUT2D eigenvalue weighted by Gasteiger charge is -2.27. The highest BCUT2D eigenvalue weighted by Crippen LogP contribution is 2.34. The van der Waals surface area contributed by atoms with Crippen molar-refractivity contribution in [2.45, 2.75) is 63.6 Å². The van der Waals surface area contributed by atoms with Gasteiger partial charge in [0.2, 0.25) is 17.3 Å². The van der Waals surface area contributed by atoms with E-state index < -0.39 is 41.9 Å². The SMILES string of the molecule is CC(C)(C)OC(=O)N1C[C@@H](F)C[C@H]1C(=O)Nc1c(C(N)=O)oc2ccc(Br)cc12.O=c1[nH]c([C@@H]2C[C@H](F)CN2)nc2c1oc1ccc(Br)cc12. The Kier molecular flexibility index (Phi) is 9.76. The number of H-pyrrole nitrogens is 1. The fourth-order valence-electron chi connectivity index (χ4n) is 5.84. The molecule has 3 amide bonds. The first kappa shape index (κ1) is 35.5. The van der Waals surface area contributed by atoms with Crippen molar-refractivity contribution in [1.82, 2.24) is 20.2 Å². The molecule has 0 unspecified atom stereocenters. The zero-order chi connectivity index (χ0) is 36.1. The highest BCUT2D eigenvalue weighted by atomic mass is 79.9. The number of aromatic nitrogens is 2. The maximum atomic E-state index is 14.0. The first-order valence-corrected chi connectivity index (χ1v) is 17.1. The molecule has 5 heterocycles. The molecule has 0 saturated carbocycles. The van der Waals surface area contributed by atoms with E-state index in [9.17, 15) is 28.0 Å². The minimum atomic E-state index is -1.37. The number of primary amides is 1. The van der Waals surface area contributed by atoms with Crippen LogP contribution in [0.5, 0.6) is 0 Å². The molecule has 2 fully saturated rings. The van der Waals surface area contributed by atoms with Crippen LogP contribution in [0.15, 0.2) is 59.0 Å². The number of fused-ring (bicyclic) bond motifs is 4. The molecule has 2 saturated heterocycles. The van der Waals surface area contributed by atoms with Crippen LogP contribution in [0.4, 0.5) is 19.3 Å². The molecule has 0 radical (unpaired) electrons. The lowest BCUT2D eigenvalue weighted by atomic mass is 10.1. The van der Waals surface area contributed by atoms with Crippen molar-refractivity contribution in [1.29, 1.82) is 0 Å². The normalized spacial score (nSPS) is 20.7. The van der Waals surface area contributed by atoms with Crippen LogP contribution in [-0.2, 0) is 9.53 Å². The third kappa shape index (κ3) is 7.39. The number of nitrogens with two attached hydrogens (primary N) is 1. The Morgan fingerprint density at radius 1 is 1.02 bits per heavy atom. The second kappa shape index (κ2) is 13.8. The van der Waals surface area contributed by atoms with Crippen molar-refractivity contribution >= 4 is 88.5 Å². The van der Waals surface area contributed by atoms with E-state index in [0.717, 1.165) is 14.8 Å². The summed E-state index contributed by atoms with van der Waals surface area (Å²) >= 11 is 6.72. The smallest absolute Gasteiger partial charge is 0.411 e. The molecular formula is C33H32Br2F2N6O7. The predicted octanol–water partition coefficient (Wildman–Crippen LogP) is 6.38. The standard InChI is InChI=1S/C19H21BrFN3O5.C14H11BrFN3O2/c1-19(2,3)29-18(27)24-8-10(21)7-12(24)17(26)23-14-11-6-9(20)4-5-13(11)28-15(14)16(22)25;15-6-1-2-10-8(3-6)11-12(21-10)14(20)19-13(18-11)9-4-7(16)5-17-9/h4-6,10,12H,7-8H2,1-3H3,(H2,22,25)(H,23,26);1-3,7,9,17H,4-5H2,(H,18,19,20)/t10-,12-;7-,9-/m00/s1. The summed E-state index contributed by atoms with van der Waals surface area (Å²) in [6, 6.07) is 9.08. The highest BCUT2D eigenvalue weighted by molar-refractivity contribution is 9.10. The van der Waals surface area contributed by atoms with Gasteiger partial charge in [-0.3, -0.25) is 19.3 Å². The van der Waals surface area contributed by atoms with Crippen molar-refractivity contribution in [3.8, 4) is 0 Å². The van der Waals surface area contributed by atoms with Crippen LogP contribution < -0.4 is 21.9 Å². The number of ether oxygens (including phenoxy) is 1. The van der Waals surface area contributed by atoms with E-state index in [1.54, 1.807) is 45.0 Å². The summed E-state index contributed by atoms with van der Waals surface area (Å²) in [4.78, 5) is 57.5. The van der Waals surface area contributed by atoms with Gasteiger partial charge in [-0.05, 0) is 57.2 Å². The molecular weight excluding hydrogens is 790 g/mol. The average molecular weight is 822 g/mol. The molecule has 50 heavy (non-hydrogen) atoms. The average Bonchev–Trinajstić information content (AvgIpc) is 3.81. The van der Waals surface area contributed by atoms with Crippen LogP contribution in [0.25, 0.3) is 33.0 Å². The van der Waals surface area contributed by atoms with Crippen LogP contribution in [0.2, 0.25) is 0 Å². The largest absolute Gasteiger partial charge is 0.449 e. The number of alkyl halides is 2. The van der Waals surface area contributed by atoms with Crippen molar-refractivity contribution in [2.75, 3.05) is 18.4 Å². The minimum absolute atomic E-state index is 0.0743. The van der Waals surface area contributed by atoms with Gasteiger partial charge in [0.25, 0.3) is 11.5 Å². The number of furan rings is 2. The van der Waals surface area contributed by atoms with E-state index in [0.29, 0.717) is 38.8 Å². The molecule has 5 aromatic rings. The molecule has 2 aliphatic rings. The van der Waals surface area contributed by atoms with Gasteiger partial charge < -0.3 is 34.9 Å². The molecule has 13 nitrogen and oxygen atoms in total. The molecule has 0 aliphatic carbocycles. The third-order valence-corrected chi connectivity index (χ3v) is 9.00. The molecule has 2 aromatic carbocycles. The van der Waals surface area contributed by atoms with Gasteiger partial charge in [0.15, 0.2) is 0 Å². The third-order valence-electron chi connectivity index (χ3n) is 8.01. The van der Waals surface area contributed by atoms with Crippen LogP contribution in [0.1, 0.15) is 56.0 Å². The molecule has 4 atom stereocenters. The first-order valence-electron chi connectivity index (χ1n) is 15.5. The Balaban J connectivity index is 0.000000181. The number of hydrogen-bond acceptors (Lipinski definition) is 9. The number of likely N-dealkylation sites (tertiary alicyclic amines) is 1. The molecule has 264 valence electrons. The Bertz CT molecular complexity index is 2200. The van der Waals surface area contributed by atoms with Crippen molar-refractivity contribution in [3.05, 3.63) is 67.3 Å². The fourth-order valence-corrected chi connectivity index (χ4v) is 6.56. The summed E-state index contributed by atoms with van der Waals surface area (Å²) in [5.41, 5.74) is 5.96. The topological polar surface area (TPSA) is 186 Å². The Labute approximate surface area is 299 Å². The molecule has 5 N–H and O–H groups in total. The van der Waals surface area contributed by atoms with Gasteiger partial charge in [0.1, 0.15) is 52.2 Å². The molecule has 7 rings (SSSR count). The number of amides is 3. The zero-order valence-electron chi connectivity index (χ0n) is 26.9. The van der Waals surface area contributed by atoms with Gasteiger partial charge in [0.05, 0.1) is 12.6 Å². The number of carbonyl (C=O) groups excluding carboxylic acids is 3. The Morgan fingerprint density at radius 3 is 2.30 bits per heavy atom. The summed E-state index contributed by atoms with van der Waals surface area (Å²) in [6.45, 7) is 5.06. The van der Waals surface area contributed by atoms with Crippen molar-refractivity contribution < 1.29 is 36.7 Å². The highest BCUT2D eigenvalue weighted by Gasteiger charge is 2.42. The van der Waals surface area contributed by atoms with Gasteiger partial charge in [-0.15, -0.1) is 0 Å². The molecule has 3 aromatic heterocycles. The van der Waals surface area contributed by atoms with E-state index in [4.69, 9.17) is 19.3 Å². The number of benzene rings is 2. The number of nitrogens with one attached hydrogen (secondary N) is 3. The summed E-state index contributed by atoms with van der Waals surface area (Å²) in [5.74, 6) is -1.31. The van der Waals surface area contributed by atoms with Gasteiger partial charge in [-0.25, -0.2) is 18.6 Å². The molecule has 0 spiro atoms. The van der Waals surface area contributed by atoms with Crippen LogP contribution in [0.3, 0.4) is 0 Å². The van der Waals surface area contributed by atoms with Gasteiger partial charge in [0, 0.05) is 39.1 Å². The number of carbonyl (C=O) groups is 3. The fraction of sp³-hybridized carbons (Fsp3) is 0.364. The summed E-state index contributed by atoms with van der Waals surface area (Å²) in [6.07, 6.45) is -2.94. The van der Waals surface area contributed by atoms with Gasteiger partial charge in [-0.1, -0.05) is 31.9 Å². The minimum Gasteiger partial charge on any atom is -0.449 e. The quantitative estimate of drug-likeness (QED) is 0.160. The molecule has 0 bridgehead atoms. The lowest BCUT2D eigenvalue weighted by molar-refractivity contribution is -0.120. The lowest BCUT2D eigenvalue weighted by Crippen LogP contribution is -2.45. The first-order chi connectivity index (χ1) is 23.6. The number of nitrogens with zero attached hydrogens (tertiary/aromatic N) is 2. The number of hydrogen-bond donors (Lipinski definition) is 4. The van der Waals surface area contributed by atoms with Gasteiger partial charge >= 0.3 is 6.09 Å². The van der Waals surface area contributed by atoms with E-state index in [1.807, 2.05) is 12.1 Å². The van der Waals surface area contributed by atoms with E-state index in [2.05, 4.69) is 52.5 Å². The zero-order valence-corrected chi connectivity index (χ0v) is 30.1. The van der Waals surface area contributed by atoms with Crippen LogP contribution >= 0.6 is 31.9 Å². The summed E-state index contributed by atoms with van der Waals surface area (Å²) in [5, 5.41) is 6.81. The molecule has 2 aliphatic heterocycles. The monoisotopic (exact) mass is 820 g/mol. The number of anilines is 1. The van der Waals surface area contributed by atoms with Crippen molar-refractivity contribution in [2.24, 2.45) is 5.73 Å². The number of rotatable bonds is 4. The Hall–Kier alpha value is -4.35. The van der Waals surface area contributed by atoms with Crippen LogP contribution in [-0.4, -0.2) is 69.9 Å².